The van der Waals surface area contributed by atoms with E-state index in [1.54, 1.807) is 0 Å². The Bertz CT molecular complexity index is 244. The van der Waals surface area contributed by atoms with Gasteiger partial charge in [-0.15, -0.1) is 0 Å². The van der Waals surface area contributed by atoms with Crippen molar-refractivity contribution in [2.75, 3.05) is 32.7 Å². The minimum absolute atomic E-state index is 0.539. The van der Waals surface area contributed by atoms with Crippen LogP contribution in [0.25, 0.3) is 0 Å². The van der Waals surface area contributed by atoms with Crippen molar-refractivity contribution in [3.05, 3.63) is 0 Å². The van der Waals surface area contributed by atoms with E-state index in [1.165, 1.54) is 71.2 Å². The largest absolute Gasteiger partial charge is 0.316 e. The third-order valence-corrected chi connectivity index (χ3v) is 4.65. The molecule has 2 nitrogen and oxygen atoms in total. The first-order valence-corrected chi connectivity index (χ1v) is 9.40. The minimum Gasteiger partial charge on any atom is -0.316 e. The molecule has 0 heterocycles. The maximum Gasteiger partial charge on any atom is 0.00504 e. The van der Waals surface area contributed by atoms with E-state index in [-0.39, 0.29) is 0 Å². The molecule has 1 rings (SSSR count). The molecule has 1 fully saturated rings. The number of nitrogens with zero attached hydrogens (tertiary/aromatic N) is 1. The Labute approximate surface area is 134 Å². The Kier molecular flexibility index (Phi) is 8.89. The molecule has 1 saturated carbocycles. The summed E-state index contributed by atoms with van der Waals surface area (Å²) >= 11 is 0. The molecule has 0 saturated heterocycles. The lowest BCUT2D eigenvalue weighted by molar-refractivity contribution is 0.0871. The second-order valence-electron chi connectivity index (χ2n) is 8.22. The summed E-state index contributed by atoms with van der Waals surface area (Å²) in [5.74, 6) is 1.54. The average Bonchev–Trinajstić information content (AvgIpc) is 2.38. The van der Waals surface area contributed by atoms with Crippen molar-refractivity contribution >= 4 is 0 Å². The van der Waals surface area contributed by atoms with E-state index in [0.717, 1.165) is 11.8 Å². The fraction of sp³-hybridized carbons (Fsp3) is 1.00. The molecule has 1 aliphatic rings. The molecule has 0 aromatic carbocycles. The zero-order valence-corrected chi connectivity index (χ0v) is 15.4. The number of rotatable bonds is 10. The lowest BCUT2D eigenvalue weighted by atomic mass is 9.73. The van der Waals surface area contributed by atoms with Gasteiger partial charge in [0.15, 0.2) is 0 Å². The quantitative estimate of drug-likeness (QED) is 0.595. The van der Waals surface area contributed by atoms with E-state index >= 15 is 0 Å². The van der Waals surface area contributed by atoms with Gasteiger partial charge in [0.1, 0.15) is 0 Å². The van der Waals surface area contributed by atoms with Crippen LogP contribution in [-0.4, -0.2) is 37.6 Å². The van der Waals surface area contributed by atoms with Crippen LogP contribution in [0.5, 0.6) is 0 Å². The number of hydrogen-bond acceptors (Lipinski definition) is 2. The molecule has 0 bridgehead atoms. The first kappa shape index (κ1) is 19.0. The molecule has 0 aliphatic heterocycles. The van der Waals surface area contributed by atoms with E-state index in [1.807, 2.05) is 0 Å². The van der Waals surface area contributed by atoms with Gasteiger partial charge in [-0.3, -0.25) is 0 Å². The molecule has 1 N–H and O–H groups in total. The molecule has 0 spiro atoms. The van der Waals surface area contributed by atoms with Gasteiger partial charge < -0.3 is 10.2 Å². The van der Waals surface area contributed by atoms with Crippen LogP contribution in [0.4, 0.5) is 0 Å². The standard InChI is InChI=1S/C19H40N2/c1-6-12-20-15-19(10-8-7-9-11-19)16-21(13-17(2)3)14-18(4)5/h17-18,20H,6-16H2,1-5H3. The molecule has 126 valence electrons. The highest BCUT2D eigenvalue weighted by Crippen LogP contribution is 2.37. The molecule has 0 radical (unpaired) electrons. The predicted octanol–water partition coefficient (Wildman–Crippen LogP) is 4.55. The second-order valence-corrected chi connectivity index (χ2v) is 8.22. The molecular weight excluding hydrogens is 256 g/mol. The summed E-state index contributed by atoms with van der Waals surface area (Å²) in [4.78, 5) is 2.76. The van der Waals surface area contributed by atoms with Gasteiger partial charge in [-0.2, -0.15) is 0 Å². The van der Waals surface area contributed by atoms with Crippen LogP contribution >= 0.6 is 0 Å². The van der Waals surface area contributed by atoms with Crippen LogP contribution < -0.4 is 5.32 Å². The van der Waals surface area contributed by atoms with Crippen molar-refractivity contribution < 1.29 is 0 Å². The highest BCUT2D eigenvalue weighted by atomic mass is 15.1. The number of nitrogens with one attached hydrogen (secondary N) is 1. The van der Waals surface area contributed by atoms with Gasteiger partial charge in [-0.05, 0) is 43.1 Å². The molecule has 0 amide bonds. The maximum absolute atomic E-state index is 3.73. The van der Waals surface area contributed by atoms with Crippen LogP contribution in [-0.2, 0) is 0 Å². The van der Waals surface area contributed by atoms with Crippen LogP contribution in [0, 0.1) is 17.3 Å². The summed E-state index contributed by atoms with van der Waals surface area (Å²) in [5, 5.41) is 3.73. The Morgan fingerprint density at radius 3 is 2.00 bits per heavy atom. The molecule has 21 heavy (non-hydrogen) atoms. The van der Waals surface area contributed by atoms with Crippen LogP contribution in [0.3, 0.4) is 0 Å². The van der Waals surface area contributed by atoms with Crippen LogP contribution in [0.15, 0.2) is 0 Å². The van der Waals surface area contributed by atoms with E-state index < -0.39 is 0 Å². The Hall–Kier alpha value is -0.0800. The molecular formula is C19H40N2. The predicted molar refractivity (Wildman–Crippen MR) is 94.8 cm³/mol. The summed E-state index contributed by atoms with van der Waals surface area (Å²) in [6.45, 7) is 17.9. The zero-order valence-electron chi connectivity index (χ0n) is 15.4. The Balaban J connectivity index is 2.65. The number of hydrogen-bond donors (Lipinski definition) is 1. The molecule has 0 unspecified atom stereocenters. The van der Waals surface area contributed by atoms with E-state index in [9.17, 15) is 0 Å². The van der Waals surface area contributed by atoms with Gasteiger partial charge in [0.25, 0.3) is 0 Å². The summed E-state index contributed by atoms with van der Waals surface area (Å²) < 4.78 is 0. The topological polar surface area (TPSA) is 15.3 Å². The van der Waals surface area contributed by atoms with Crippen molar-refractivity contribution in [1.82, 2.24) is 10.2 Å². The fourth-order valence-corrected chi connectivity index (χ4v) is 3.93. The van der Waals surface area contributed by atoms with Crippen molar-refractivity contribution in [3.63, 3.8) is 0 Å². The van der Waals surface area contributed by atoms with E-state index in [4.69, 9.17) is 0 Å². The van der Waals surface area contributed by atoms with Crippen LogP contribution in [0.1, 0.15) is 73.1 Å². The van der Waals surface area contributed by atoms with E-state index in [0.29, 0.717) is 5.41 Å². The smallest absolute Gasteiger partial charge is 0.00504 e. The Morgan fingerprint density at radius 2 is 1.52 bits per heavy atom. The van der Waals surface area contributed by atoms with Crippen molar-refractivity contribution in [1.29, 1.82) is 0 Å². The zero-order chi connectivity index (χ0) is 15.7. The highest BCUT2D eigenvalue weighted by Gasteiger charge is 2.33. The average molecular weight is 297 g/mol. The molecule has 0 atom stereocenters. The van der Waals surface area contributed by atoms with Gasteiger partial charge in [-0.25, -0.2) is 0 Å². The summed E-state index contributed by atoms with van der Waals surface area (Å²) in [5.41, 5.74) is 0.539. The fourth-order valence-electron chi connectivity index (χ4n) is 3.93. The monoisotopic (exact) mass is 296 g/mol. The van der Waals surface area contributed by atoms with Gasteiger partial charge in [0.05, 0.1) is 0 Å². The van der Waals surface area contributed by atoms with Crippen LogP contribution in [0.2, 0.25) is 0 Å². The Morgan fingerprint density at radius 1 is 0.952 bits per heavy atom. The first-order valence-electron chi connectivity index (χ1n) is 9.40. The lowest BCUT2D eigenvalue weighted by Crippen LogP contribution is -2.47. The minimum atomic E-state index is 0.539. The summed E-state index contributed by atoms with van der Waals surface area (Å²) in [6, 6.07) is 0. The van der Waals surface area contributed by atoms with Crippen molar-refractivity contribution in [2.45, 2.75) is 73.1 Å². The van der Waals surface area contributed by atoms with Gasteiger partial charge in [-0.1, -0.05) is 53.9 Å². The van der Waals surface area contributed by atoms with E-state index in [2.05, 4.69) is 44.8 Å². The molecule has 0 aromatic heterocycles. The third kappa shape index (κ3) is 7.65. The SMILES string of the molecule is CCCNCC1(CN(CC(C)C)CC(C)C)CCCCC1. The van der Waals surface area contributed by atoms with Crippen molar-refractivity contribution in [2.24, 2.45) is 17.3 Å². The van der Waals surface area contributed by atoms with Gasteiger partial charge in [0.2, 0.25) is 0 Å². The second kappa shape index (κ2) is 9.84. The molecule has 2 heteroatoms. The maximum atomic E-state index is 3.73. The van der Waals surface area contributed by atoms with Gasteiger partial charge in [0, 0.05) is 26.2 Å². The van der Waals surface area contributed by atoms with Gasteiger partial charge >= 0.3 is 0 Å². The third-order valence-electron chi connectivity index (χ3n) is 4.65. The first-order chi connectivity index (χ1) is 9.97. The lowest BCUT2D eigenvalue weighted by Gasteiger charge is -2.42. The van der Waals surface area contributed by atoms with Crippen molar-refractivity contribution in [3.8, 4) is 0 Å². The highest BCUT2D eigenvalue weighted by molar-refractivity contribution is 4.88. The summed E-state index contributed by atoms with van der Waals surface area (Å²) in [6.07, 6.45) is 8.42. The molecule has 1 aliphatic carbocycles. The molecule has 0 aromatic rings. The normalized spacial score (nSPS) is 18.9. The summed E-state index contributed by atoms with van der Waals surface area (Å²) in [7, 11) is 0.